The van der Waals surface area contributed by atoms with Crippen molar-refractivity contribution < 1.29 is 4.42 Å². The molecule has 1 radical (unpaired) electrons. The molecule has 1 aliphatic carbocycles. The van der Waals surface area contributed by atoms with Gasteiger partial charge < -0.3 is 14.3 Å². The number of hydrogen-bond donors (Lipinski definition) is 1. The Kier molecular flexibility index (Phi) is 7.97. The Morgan fingerprint density at radius 2 is 1.30 bits per heavy atom. The Hall–Kier alpha value is -5.78. The van der Waals surface area contributed by atoms with Crippen LogP contribution in [0.2, 0.25) is 0 Å². The first-order valence-corrected chi connectivity index (χ1v) is 23.6. The van der Waals surface area contributed by atoms with E-state index in [1.807, 2.05) is 11.3 Å². The lowest BCUT2D eigenvalue weighted by Crippen LogP contribution is -2.37. The van der Waals surface area contributed by atoms with Crippen LogP contribution < -0.4 is 16.2 Å². The smallest absolute Gasteiger partial charge is 0.198 e. The van der Waals surface area contributed by atoms with Crippen molar-refractivity contribution in [3.8, 4) is 16.8 Å². The van der Waals surface area contributed by atoms with Gasteiger partial charge in [-0.25, -0.2) is 0 Å². The van der Waals surface area contributed by atoms with Gasteiger partial charge in [0.15, 0.2) is 7.28 Å². The van der Waals surface area contributed by atoms with Gasteiger partial charge in [-0.2, -0.15) is 0 Å². The molecule has 311 valence electrons. The lowest BCUT2D eigenvalue weighted by molar-refractivity contribution is 0.332. The van der Waals surface area contributed by atoms with E-state index in [2.05, 4.69) is 202 Å². The molecular weight excluding hydrogens is 784 g/mol. The van der Waals surface area contributed by atoms with Crippen LogP contribution in [0.1, 0.15) is 104 Å². The average molecular weight is 838 g/mol. The van der Waals surface area contributed by atoms with Gasteiger partial charge in [-0.3, -0.25) is 0 Å². The van der Waals surface area contributed by atoms with E-state index in [1.54, 1.807) is 0 Å². The van der Waals surface area contributed by atoms with Crippen LogP contribution in [0, 0.1) is 0 Å². The first-order valence-electron chi connectivity index (χ1n) is 22.8. The van der Waals surface area contributed by atoms with E-state index >= 15 is 0 Å². The highest BCUT2D eigenvalue weighted by atomic mass is 32.1. The van der Waals surface area contributed by atoms with Gasteiger partial charge >= 0.3 is 0 Å². The topological polar surface area (TPSA) is 30.1 Å². The monoisotopic (exact) mass is 837 g/mol. The average Bonchev–Trinajstić information content (AvgIpc) is 3.91. The summed E-state index contributed by atoms with van der Waals surface area (Å²) >= 11 is 1.95. The minimum absolute atomic E-state index is 0.0112. The number of hydrogen-bond acceptors (Lipinski definition) is 3. The van der Waals surface area contributed by atoms with Crippen molar-refractivity contribution in [2.75, 3.05) is 5.32 Å². The van der Waals surface area contributed by atoms with Crippen LogP contribution in [0.4, 0.5) is 11.4 Å². The number of rotatable bonds is 3. The molecule has 12 rings (SSSR count). The van der Waals surface area contributed by atoms with E-state index in [1.165, 1.54) is 92.0 Å². The summed E-state index contributed by atoms with van der Waals surface area (Å²) in [6.07, 6.45) is 2.30. The van der Waals surface area contributed by atoms with Crippen LogP contribution in [0.3, 0.4) is 0 Å². The molecule has 2 aliphatic rings. The Labute approximate surface area is 375 Å². The first-order chi connectivity index (χ1) is 30.0. The van der Waals surface area contributed by atoms with Gasteiger partial charge in [-0.1, -0.05) is 129 Å². The van der Waals surface area contributed by atoms with Crippen molar-refractivity contribution in [1.82, 2.24) is 4.57 Å². The third-order valence-electron chi connectivity index (χ3n) is 14.8. The summed E-state index contributed by atoms with van der Waals surface area (Å²) in [4.78, 5) is 0. The quantitative estimate of drug-likeness (QED) is 0.180. The largest absolute Gasteiger partial charge is 0.456 e. The fourth-order valence-electron chi connectivity index (χ4n) is 11.0. The van der Waals surface area contributed by atoms with Gasteiger partial charge in [0.2, 0.25) is 0 Å². The van der Waals surface area contributed by atoms with Crippen molar-refractivity contribution >= 4 is 105 Å². The molecule has 0 fully saturated rings. The number of fused-ring (bicyclic) bond motifs is 13. The second-order valence-electron chi connectivity index (χ2n) is 21.9. The number of thiophene rings is 1. The SMILES string of the molecule is CC(C)(C)c1ccc(Nc2cc3c(cc2-c2c4c5c(c6cc(C(C)(C)C)ccc6n5-c5cc6c(cc5[B]4)oc4ccccc46)c4c2sc2ccccc24)C(C)(C)CCC3(C)C)cc1. The Balaban J connectivity index is 1.25. The van der Waals surface area contributed by atoms with Crippen molar-refractivity contribution in [2.45, 2.75) is 104 Å². The lowest BCUT2D eigenvalue weighted by Gasteiger charge is -2.42. The summed E-state index contributed by atoms with van der Waals surface area (Å²) in [6, 6.07) is 43.7. The van der Waals surface area contributed by atoms with Crippen molar-refractivity contribution in [1.29, 1.82) is 0 Å². The van der Waals surface area contributed by atoms with E-state index < -0.39 is 0 Å². The molecule has 7 aromatic carbocycles. The Bertz CT molecular complexity index is 3580. The molecule has 0 bridgehead atoms. The number of benzene rings is 7. The van der Waals surface area contributed by atoms with Gasteiger partial charge in [-0.15, -0.1) is 11.3 Å². The summed E-state index contributed by atoms with van der Waals surface area (Å²) in [5, 5.41) is 11.7. The number of furan rings is 1. The predicted molar refractivity (Wildman–Crippen MR) is 274 cm³/mol. The van der Waals surface area contributed by atoms with Crippen LogP contribution >= 0.6 is 11.3 Å². The maximum Gasteiger partial charge on any atom is 0.198 e. The molecular formula is C58H54BN2OS. The molecule has 4 heterocycles. The lowest BCUT2D eigenvalue weighted by atomic mass is 9.58. The molecule has 63 heavy (non-hydrogen) atoms. The number of nitrogens with one attached hydrogen (secondary N) is 1. The molecule has 0 unspecified atom stereocenters. The van der Waals surface area contributed by atoms with E-state index in [4.69, 9.17) is 4.42 Å². The molecule has 1 N–H and O–H groups in total. The van der Waals surface area contributed by atoms with Crippen LogP contribution in [0.25, 0.3) is 80.7 Å². The number of aromatic nitrogens is 1. The molecule has 10 aromatic rings. The number of nitrogens with zero attached hydrogens (tertiary/aromatic N) is 1. The second kappa shape index (κ2) is 12.9. The molecule has 5 heteroatoms. The highest BCUT2D eigenvalue weighted by Gasteiger charge is 2.39. The Morgan fingerprint density at radius 3 is 2.03 bits per heavy atom. The highest BCUT2D eigenvalue weighted by molar-refractivity contribution is 7.26. The van der Waals surface area contributed by atoms with Crippen molar-refractivity contribution in [2.24, 2.45) is 0 Å². The highest BCUT2D eigenvalue weighted by Crippen LogP contribution is 2.53. The number of para-hydroxylation sites is 1. The zero-order valence-electron chi connectivity index (χ0n) is 38.2. The van der Waals surface area contributed by atoms with Crippen molar-refractivity contribution in [3.05, 3.63) is 138 Å². The van der Waals surface area contributed by atoms with Gasteiger partial charge in [-0.05, 0) is 128 Å². The molecule has 0 atom stereocenters. The van der Waals surface area contributed by atoms with E-state index in [-0.39, 0.29) is 21.7 Å². The molecule has 0 saturated carbocycles. The Morgan fingerprint density at radius 1 is 0.635 bits per heavy atom. The zero-order valence-corrected chi connectivity index (χ0v) is 39.0. The molecule has 3 aromatic heterocycles. The van der Waals surface area contributed by atoms with Gasteiger partial charge in [0.25, 0.3) is 0 Å². The summed E-state index contributed by atoms with van der Waals surface area (Å²) in [7, 11) is 2.49. The second-order valence-corrected chi connectivity index (χ2v) is 23.0. The summed E-state index contributed by atoms with van der Waals surface area (Å²) in [6.45, 7) is 23.7. The summed E-state index contributed by atoms with van der Waals surface area (Å²) in [5.74, 6) is 0. The first kappa shape index (κ1) is 38.9. The third kappa shape index (κ3) is 5.71. The molecule has 0 amide bonds. The van der Waals surface area contributed by atoms with Crippen molar-refractivity contribution in [3.63, 3.8) is 0 Å². The van der Waals surface area contributed by atoms with E-state index in [0.29, 0.717) is 0 Å². The minimum Gasteiger partial charge on any atom is -0.456 e. The summed E-state index contributed by atoms with van der Waals surface area (Å²) in [5.41, 5.74) is 18.5. The zero-order chi connectivity index (χ0) is 43.5. The fourth-order valence-corrected chi connectivity index (χ4v) is 12.3. The molecule has 0 saturated heterocycles. The van der Waals surface area contributed by atoms with Gasteiger partial charge in [0.05, 0.1) is 5.52 Å². The maximum atomic E-state index is 6.61. The normalized spacial score (nSPS) is 15.7. The van der Waals surface area contributed by atoms with Crippen LogP contribution in [0.5, 0.6) is 0 Å². The fraction of sp³-hybridized carbons (Fsp3) is 0.276. The minimum atomic E-state index is -0.0112. The van der Waals surface area contributed by atoms with E-state index in [0.717, 1.165) is 46.2 Å². The standard InChI is InChI=1S/C58H54BN2OS/c1-55(2,3)32-19-22-34(23-20-32)60-43-30-41-40(57(7,8)25-26-58(41,9)10)28-38(43)51-52-53-49(50-36-16-12-14-18-48(36)63-54(50)51)39-27-33(56(4,5)6)21-24-44(39)61(53)45-29-37-35-15-11-13-17-46(35)62-47(37)31-42(45)59-52/h11-24,27-31,60H,25-26H2,1-10H3. The van der Waals surface area contributed by atoms with E-state index in [9.17, 15) is 0 Å². The summed E-state index contributed by atoms with van der Waals surface area (Å²) < 4.78 is 11.9. The van der Waals surface area contributed by atoms with Crippen LogP contribution in [-0.4, -0.2) is 11.8 Å². The third-order valence-corrected chi connectivity index (χ3v) is 16.0. The number of anilines is 2. The van der Waals surface area contributed by atoms with Gasteiger partial charge in [0, 0.05) is 69.9 Å². The molecule has 0 spiro atoms. The molecule has 1 aliphatic heterocycles. The van der Waals surface area contributed by atoms with Crippen LogP contribution in [-0.2, 0) is 21.7 Å². The van der Waals surface area contributed by atoms with Crippen LogP contribution in [0.15, 0.2) is 120 Å². The maximum absolute atomic E-state index is 6.61. The predicted octanol–water partition coefficient (Wildman–Crippen LogP) is 15.4. The van der Waals surface area contributed by atoms with Gasteiger partial charge in [0.1, 0.15) is 11.2 Å². The molecule has 3 nitrogen and oxygen atoms in total.